The third kappa shape index (κ3) is 3.11. The first-order valence-electron chi connectivity index (χ1n) is 4.53. The summed E-state index contributed by atoms with van der Waals surface area (Å²) in [6.45, 7) is 1.92. The molecule has 0 aliphatic heterocycles. The van der Waals surface area contributed by atoms with Gasteiger partial charge in [-0.3, -0.25) is 0 Å². The van der Waals surface area contributed by atoms with Crippen LogP contribution in [-0.2, 0) is 5.75 Å². The molecule has 1 aromatic carbocycles. The van der Waals surface area contributed by atoms with Crippen LogP contribution in [0.2, 0.25) is 0 Å². The van der Waals surface area contributed by atoms with Crippen LogP contribution in [0.5, 0.6) is 0 Å². The van der Waals surface area contributed by atoms with Gasteiger partial charge in [0.15, 0.2) is 0 Å². The van der Waals surface area contributed by atoms with Crippen molar-refractivity contribution in [1.29, 1.82) is 0 Å². The molecule has 0 unspecified atom stereocenters. The van der Waals surface area contributed by atoms with Crippen molar-refractivity contribution >= 4 is 27.7 Å². The molecule has 15 heavy (non-hydrogen) atoms. The van der Waals surface area contributed by atoms with E-state index in [2.05, 4.69) is 33.0 Å². The number of oxazole rings is 1. The van der Waals surface area contributed by atoms with Gasteiger partial charge in [-0.2, -0.15) is 0 Å². The Kier molecular flexibility index (Phi) is 3.49. The molecular weight excluding hydrogens is 274 g/mol. The lowest BCUT2D eigenvalue weighted by atomic mass is 10.2. The summed E-state index contributed by atoms with van der Waals surface area (Å²) in [6.07, 6.45) is 1.67. The number of hydrogen-bond donors (Lipinski definition) is 0. The Hall–Kier alpha value is -0.740. The number of rotatable bonds is 3. The number of benzene rings is 1. The summed E-state index contributed by atoms with van der Waals surface area (Å²) in [5.41, 5.74) is 2.19. The van der Waals surface area contributed by atoms with E-state index in [-0.39, 0.29) is 0 Å². The third-order valence-corrected chi connectivity index (χ3v) is 3.31. The van der Waals surface area contributed by atoms with Crippen molar-refractivity contribution in [2.45, 2.75) is 17.9 Å². The monoisotopic (exact) mass is 283 g/mol. The number of aryl methyl sites for hydroxylation is 1. The molecule has 0 amide bonds. The minimum absolute atomic E-state index is 0.732. The average molecular weight is 284 g/mol. The van der Waals surface area contributed by atoms with E-state index in [1.54, 1.807) is 18.0 Å². The van der Waals surface area contributed by atoms with Gasteiger partial charge in [-0.1, -0.05) is 39.8 Å². The fourth-order valence-corrected chi connectivity index (χ4v) is 2.20. The zero-order chi connectivity index (χ0) is 10.7. The van der Waals surface area contributed by atoms with E-state index in [0.717, 1.165) is 21.1 Å². The zero-order valence-electron chi connectivity index (χ0n) is 8.24. The molecule has 0 aliphatic carbocycles. The molecule has 0 N–H and O–H groups in total. The fraction of sp³-hybridized carbons (Fsp3) is 0.182. The van der Waals surface area contributed by atoms with E-state index in [0.29, 0.717) is 0 Å². The summed E-state index contributed by atoms with van der Waals surface area (Å²) in [5, 5.41) is 0.732. The van der Waals surface area contributed by atoms with E-state index in [1.807, 2.05) is 19.1 Å². The average Bonchev–Trinajstić information content (AvgIpc) is 2.64. The first-order valence-corrected chi connectivity index (χ1v) is 6.31. The molecule has 0 radical (unpaired) electrons. The normalized spacial score (nSPS) is 10.5. The second-order valence-corrected chi connectivity index (χ2v) is 5.01. The van der Waals surface area contributed by atoms with Crippen LogP contribution in [0.4, 0.5) is 0 Å². The third-order valence-electron chi connectivity index (χ3n) is 1.87. The lowest BCUT2D eigenvalue weighted by molar-refractivity contribution is 0.454. The van der Waals surface area contributed by atoms with Gasteiger partial charge < -0.3 is 4.42 Å². The summed E-state index contributed by atoms with van der Waals surface area (Å²) in [5.74, 6) is 0.882. The SMILES string of the molecule is Cc1coc(SCc2ccc(Br)cc2)n1. The maximum Gasteiger partial charge on any atom is 0.256 e. The number of aromatic nitrogens is 1. The van der Waals surface area contributed by atoms with E-state index in [4.69, 9.17) is 4.42 Å². The second-order valence-electron chi connectivity index (χ2n) is 3.17. The first kappa shape index (κ1) is 10.8. The smallest absolute Gasteiger partial charge is 0.256 e. The van der Waals surface area contributed by atoms with Crippen molar-refractivity contribution in [2.24, 2.45) is 0 Å². The van der Waals surface area contributed by atoms with Gasteiger partial charge in [0, 0.05) is 10.2 Å². The predicted molar refractivity (Wildman–Crippen MR) is 64.9 cm³/mol. The molecule has 1 aromatic heterocycles. The van der Waals surface area contributed by atoms with Crippen LogP contribution in [0, 0.1) is 6.92 Å². The van der Waals surface area contributed by atoms with Gasteiger partial charge in [-0.15, -0.1) is 0 Å². The molecule has 2 rings (SSSR count). The van der Waals surface area contributed by atoms with Crippen LogP contribution in [-0.4, -0.2) is 4.98 Å². The lowest BCUT2D eigenvalue weighted by Gasteiger charge is -1.98. The molecule has 2 aromatic rings. The maximum atomic E-state index is 5.25. The molecule has 0 fully saturated rings. The summed E-state index contributed by atoms with van der Waals surface area (Å²) in [7, 11) is 0. The summed E-state index contributed by atoms with van der Waals surface area (Å²) >= 11 is 5.01. The van der Waals surface area contributed by atoms with Crippen LogP contribution in [0.15, 0.2) is 44.6 Å². The van der Waals surface area contributed by atoms with Crippen LogP contribution in [0.25, 0.3) is 0 Å². The molecule has 1 heterocycles. The molecule has 0 bridgehead atoms. The van der Waals surface area contributed by atoms with Crippen molar-refractivity contribution in [2.75, 3.05) is 0 Å². The molecule has 4 heteroatoms. The number of halogens is 1. The Balaban J connectivity index is 1.96. The van der Waals surface area contributed by atoms with E-state index in [1.165, 1.54) is 5.56 Å². The topological polar surface area (TPSA) is 26.0 Å². The Bertz CT molecular complexity index is 438. The Labute approximate surface area is 101 Å². The van der Waals surface area contributed by atoms with Gasteiger partial charge in [-0.25, -0.2) is 4.98 Å². The zero-order valence-corrected chi connectivity index (χ0v) is 10.6. The summed E-state index contributed by atoms with van der Waals surface area (Å²) in [6, 6.07) is 8.26. The highest BCUT2D eigenvalue weighted by Crippen LogP contribution is 2.22. The maximum absolute atomic E-state index is 5.25. The van der Waals surface area contributed by atoms with Crippen LogP contribution in [0.1, 0.15) is 11.3 Å². The molecule has 0 spiro atoms. The minimum Gasteiger partial charge on any atom is -0.440 e. The van der Waals surface area contributed by atoms with E-state index < -0.39 is 0 Å². The summed E-state index contributed by atoms with van der Waals surface area (Å²) in [4.78, 5) is 4.23. The van der Waals surface area contributed by atoms with Crippen LogP contribution in [0.3, 0.4) is 0 Å². The van der Waals surface area contributed by atoms with Crippen molar-refractivity contribution in [1.82, 2.24) is 4.98 Å². The van der Waals surface area contributed by atoms with Gasteiger partial charge in [0.2, 0.25) is 0 Å². The van der Waals surface area contributed by atoms with E-state index >= 15 is 0 Å². The van der Waals surface area contributed by atoms with Crippen molar-refractivity contribution in [3.05, 3.63) is 46.3 Å². The molecule has 0 saturated carbocycles. The van der Waals surface area contributed by atoms with Crippen molar-refractivity contribution < 1.29 is 4.42 Å². The van der Waals surface area contributed by atoms with Gasteiger partial charge >= 0.3 is 0 Å². The van der Waals surface area contributed by atoms with Crippen molar-refractivity contribution in [3.8, 4) is 0 Å². The molecular formula is C11H10BrNOS. The van der Waals surface area contributed by atoms with Gasteiger partial charge in [0.05, 0.1) is 5.69 Å². The molecule has 0 saturated heterocycles. The van der Waals surface area contributed by atoms with Gasteiger partial charge in [-0.05, 0) is 24.6 Å². The molecule has 0 atom stereocenters. The Morgan fingerprint density at radius 2 is 2.07 bits per heavy atom. The quantitative estimate of drug-likeness (QED) is 0.796. The molecule has 78 valence electrons. The largest absolute Gasteiger partial charge is 0.440 e. The first-order chi connectivity index (χ1) is 7.24. The van der Waals surface area contributed by atoms with Crippen LogP contribution < -0.4 is 0 Å². The number of hydrogen-bond acceptors (Lipinski definition) is 3. The van der Waals surface area contributed by atoms with Gasteiger partial charge in [0.25, 0.3) is 5.22 Å². The highest BCUT2D eigenvalue weighted by molar-refractivity contribution is 9.10. The summed E-state index contributed by atoms with van der Waals surface area (Å²) < 4.78 is 6.35. The fourth-order valence-electron chi connectivity index (χ4n) is 1.12. The number of thioether (sulfide) groups is 1. The Morgan fingerprint density at radius 1 is 1.33 bits per heavy atom. The molecule has 0 aliphatic rings. The standard InChI is InChI=1S/C11H10BrNOS/c1-8-6-14-11(13-8)15-7-9-2-4-10(12)5-3-9/h2-6H,7H2,1H3. The number of nitrogens with zero attached hydrogens (tertiary/aromatic N) is 1. The van der Waals surface area contributed by atoms with Gasteiger partial charge in [0.1, 0.15) is 6.26 Å². The predicted octanol–water partition coefficient (Wildman–Crippen LogP) is 4.04. The lowest BCUT2D eigenvalue weighted by Crippen LogP contribution is -1.80. The van der Waals surface area contributed by atoms with E-state index in [9.17, 15) is 0 Å². The van der Waals surface area contributed by atoms with Crippen LogP contribution >= 0.6 is 27.7 Å². The van der Waals surface area contributed by atoms with Crippen molar-refractivity contribution in [3.63, 3.8) is 0 Å². The highest BCUT2D eigenvalue weighted by Gasteiger charge is 2.01. The highest BCUT2D eigenvalue weighted by atomic mass is 79.9. The molecule has 2 nitrogen and oxygen atoms in total. The Morgan fingerprint density at radius 3 is 2.67 bits per heavy atom. The second kappa shape index (κ2) is 4.86. The minimum atomic E-state index is 0.732.